The van der Waals surface area contributed by atoms with E-state index in [1.165, 1.54) is 0 Å². The van der Waals surface area contributed by atoms with Gasteiger partial charge in [-0.15, -0.1) is 0 Å². The molecule has 1 amide bonds. The molecule has 0 aliphatic carbocycles. The van der Waals surface area contributed by atoms with Crippen LogP contribution < -0.4 is 10.6 Å². The maximum atomic E-state index is 11.8. The number of rotatable bonds is 4. The first-order valence-electron chi connectivity index (χ1n) is 5.69. The second-order valence-electron chi connectivity index (χ2n) is 3.89. The summed E-state index contributed by atoms with van der Waals surface area (Å²) in [4.78, 5) is 11.8. The zero-order valence-corrected chi connectivity index (χ0v) is 12.9. The quantitative estimate of drug-likeness (QED) is 0.780. The minimum atomic E-state index is -0.0934. The van der Waals surface area contributed by atoms with Crippen molar-refractivity contribution in [3.05, 3.63) is 57.1 Å². The minimum absolute atomic E-state index is 0.0934. The molecule has 2 aromatic carbocycles. The van der Waals surface area contributed by atoms with Crippen molar-refractivity contribution in [1.29, 1.82) is 0 Å². The molecule has 19 heavy (non-hydrogen) atoms. The van der Waals surface area contributed by atoms with E-state index in [-0.39, 0.29) is 12.5 Å². The van der Waals surface area contributed by atoms with E-state index in [4.69, 9.17) is 11.6 Å². The average Bonchev–Trinajstić information content (AvgIpc) is 2.39. The number of anilines is 2. The minimum Gasteiger partial charge on any atom is -0.376 e. The molecule has 0 unspecified atom stereocenters. The largest absolute Gasteiger partial charge is 0.376 e. The predicted octanol–water partition coefficient (Wildman–Crippen LogP) is 4.00. The Kier molecular flexibility index (Phi) is 5.04. The molecule has 0 spiro atoms. The van der Waals surface area contributed by atoms with Gasteiger partial charge in [0.15, 0.2) is 0 Å². The molecule has 0 saturated heterocycles. The molecule has 0 bridgehead atoms. The third-order valence-electron chi connectivity index (χ3n) is 2.43. The van der Waals surface area contributed by atoms with E-state index >= 15 is 0 Å². The van der Waals surface area contributed by atoms with E-state index < -0.39 is 0 Å². The second-order valence-corrected chi connectivity index (χ2v) is 5.49. The Morgan fingerprint density at radius 3 is 2.68 bits per heavy atom. The number of benzene rings is 2. The summed E-state index contributed by atoms with van der Waals surface area (Å²) in [6.07, 6.45) is 0. The lowest BCUT2D eigenvalue weighted by molar-refractivity contribution is -0.114. The molecule has 3 nitrogen and oxygen atoms in total. The van der Waals surface area contributed by atoms with Gasteiger partial charge in [-0.2, -0.15) is 0 Å². The Morgan fingerprint density at radius 2 is 1.95 bits per heavy atom. The van der Waals surface area contributed by atoms with E-state index in [1.54, 1.807) is 12.1 Å². The summed E-state index contributed by atoms with van der Waals surface area (Å²) < 4.78 is 1.01. The van der Waals surface area contributed by atoms with Crippen LogP contribution in [0, 0.1) is 3.57 Å². The van der Waals surface area contributed by atoms with Crippen LogP contribution in [0.2, 0.25) is 5.02 Å². The predicted molar refractivity (Wildman–Crippen MR) is 87.7 cm³/mol. The molecule has 0 atom stereocenters. The first-order valence-corrected chi connectivity index (χ1v) is 7.14. The van der Waals surface area contributed by atoms with Gasteiger partial charge in [-0.1, -0.05) is 29.8 Å². The Balaban J connectivity index is 1.90. The molecular formula is C14H12ClIN2O. The van der Waals surface area contributed by atoms with Crippen molar-refractivity contribution in [3.63, 3.8) is 0 Å². The van der Waals surface area contributed by atoms with E-state index in [1.807, 2.05) is 36.4 Å². The number of hydrogen-bond acceptors (Lipinski definition) is 2. The highest BCUT2D eigenvalue weighted by atomic mass is 127. The number of carbonyl (C=O) groups is 1. The second kappa shape index (κ2) is 6.77. The van der Waals surface area contributed by atoms with Gasteiger partial charge >= 0.3 is 0 Å². The first-order chi connectivity index (χ1) is 9.15. The molecule has 0 radical (unpaired) electrons. The molecule has 2 aromatic rings. The summed E-state index contributed by atoms with van der Waals surface area (Å²) in [5.74, 6) is -0.0934. The van der Waals surface area contributed by atoms with Gasteiger partial charge in [0.05, 0.1) is 12.2 Å². The molecule has 2 rings (SSSR count). The Bertz CT molecular complexity index is 589. The van der Waals surface area contributed by atoms with Gasteiger partial charge in [0.1, 0.15) is 0 Å². The van der Waals surface area contributed by atoms with Gasteiger partial charge in [0.2, 0.25) is 5.91 Å². The van der Waals surface area contributed by atoms with Gasteiger partial charge in [-0.05, 0) is 52.9 Å². The normalized spacial score (nSPS) is 10.0. The van der Waals surface area contributed by atoms with Crippen molar-refractivity contribution in [1.82, 2.24) is 0 Å². The smallest absolute Gasteiger partial charge is 0.243 e. The number of hydrogen-bond donors (Lipinski definition) is 2. The van der Waals surface area contributed by atoms with E-state index in [0.29, 0.717) is 5.02 Å². The first kappa shape index (κ1) is 14.1. The standard InChI is InChI=1S/C14H12ClIN2O/c15-10-4-3-5-11(8-10)17-9-14(19)18-13-7-2-1-6-12(13)16/h1-8,17H,9H2,(H,18,19). The number of amides is 1. The monoisotopic (exact) mass is 386 g/mol. The third-order valence-corrected chi connectivity index (χ3v) is 3.60. The third kappa shape index (κ3) is 4.40. The topological polar surface area (TPSA) is 41.1 Å². The highest BCUT2D eigenvalue weighted by Crippen LogP contribution is 2.17. The van der Waals surface area contributed by atoms with Crippen molar-refractivity contribution >= 4 is 51.5 Å². The van der Waals surface area contributed by atoms with Gasteiger partial charge in [0, 0.05) is 14.3 Å². The number of halogens is 2. The average molecular weight is 387 g/mol. The lowest BCUT2D eigenvalue weighted by Crippen LogP contribution is -2.22. The zero-order chi connectivity index (χ0) is 13.7. The van der Waals surface area contributed by atoms with Gasteiger partial charge in [-0.25, -0.2) is 0 Å². The summed E-state index contributed by atoms with van der Waals surface area (Å²) in [7, 11) is 0. The summed E-state index contributed by atoms with van der Waals surface area (Å²) in [5.41, 5.74) is 1.64. The molecule has 0 saturated carbocycles. The molecule has 98 valence electrons. The van der Waals surface area contributed by atoms with Crippen LogP contribution in [0.15, 0.2) is 48.5 Å². The van der Waals surface area contributed by atoms with Crippen molar-refractivity contribution in [3.8, 4) is 0 Å². The SMILES string of the molecule is O=C(CNc1cccc(Cl)c1)Nc1ccccc1I. The van der Waals surface area contributed by atoms with Crippen molar-refractivity contribution < 1.29 is 4.79 Å². The van der Waals surface area contributed by atoms with Crippen LogP contribution in [0.25, 0.3) is 0 Å². The van der Waals surface area contributed by atoms with Crippen LogP contribution >= 0.6 is 34.2 Å². The molecule has 0 fully saturated rings. The van der Waals surface area contributed by atoms with E-state index in [0.717, 1.165) is 14.9 Å². The van der Waals surface area contributed by atoms with Gasteiger partial charge in [-0.3, -0.25) is 4.79 Å². The van der Waals surface area contributed by atoms with Crippen molar-refractivity contribution in [2.45, 2.75) is 0 Å². The molecule has 0 aliphatic heterocycles. The lowest BCUT2D eigenvalue weighted by Gasteiger charge is -2.09. The molecule has 0 aromatic heterocycles. The number of para-hydroxylation sites is 1. The Labute approximate surface area is 130 Å². The Morgan fingerprint density at radius 1 is 1.16 bits per heavy atom. The van der Waals surface area contributed by atoms with Crippen LogP contribution in [-0.2, 0) is 4.79 Å². The highest BCUT2D eigenvalue weighted by Gasteiger charge is 2.04. The maximum absolute atomic E-state index is 11.8. The van der Waals surface area contributed by atoms with Crippen LogP contribution in [0.1, 0.15) is 0 Å². The fourth-order valence-electron chi connectivity index (χ4n) is 1.54. The molecule has 0 aliphatic rings. The fraction of sp³-hybridized carbons (Fsp3) is 0.0714. The summed E-state index contributed by atoms with van der Waals surface area (Å²) >= 11 is 8.05. The maximum Gasteiger partial charge on any atom is 0.243 e. The van der Waals surface area contributed by atoms with E-state index in [2.05, 4.69) is 33.2 Å². The highest BCUT2D eigenvalue weighted by molar-refractivity contribution is 14.1. The summed E-state index contributed by atoms with van der Waals surface area (Å²) in [6.45, 7) is 0.200. The van der Waals surface area contributed by atoms with Gasteiger partial charge < -0.3 is 10.6 Å². The van der Waals surface area contributed by atoms with E-state index in [9.17, 15) is 4.79 Å². The van der Waals surface area contributed by atoms with Crippen LogP contribution in [0.3, 0.4) is 0 Å². The van der Waals surface area contributed by atoms with Gasteiger partial charge in [0.25, 0.3) is 0 Å². The van der Waals surface area contributed by atoms with Crippen molar-refractivity contribution in [2.24, 2.45) is 0 Å². The van der Waals surface area contributed by atoms with Crippen LogP contribution in [-0.4, -0.2) is 12.5 Å². The molecular weight excluding hydrogens is 375 g/mol. The van der Waals surface area contributed by atoms with Crippen LogP contribution in [0.5, 0.6) is 0 Å². The number of nitrogens with one attached hydrogen (secondary N) is 2. The fourth-order valence-corrected chi connectivity index (χ4v) is 2.25. The summed E-state index contributed by atoms with van der Waals surface area (Å²) in [6, 6.07) is 14.9. The molecule has 2 N–H and O–H groups in total. The molecule has 5 heteroatoms. The number of carbonyl (C=O) groups excluding carboxylic acids is 1. The van der Waals surface area contributed by atoms with Crippen molar-refractivity contribution in [2.75, 3.05) is 17.2 Å². The molecule has 0 heterocycles. The zero-order valence-electron chi connectivity index (χ0n) is 9.99. The Hall–Kier alpha value is -1.27. The summed E-state index contributed by atoms with van der Waals surface area (Å²) in [5, 5.41) is 6.52. The van der Waals surface area contributed by atoms with Crippen LogP contribution in [0.4, 0.5) is 11.4 Å². The lowest BCUT2D eigenvalue weighted by atomic mass is 10.3.